The summed E-state index contributed by atoms with van der Waals surface area (Å²) in [6.45, 7) is 11.7. The van der Waals surface area contributed by atoms with Crippen LogP contribution in [0.15, 0.2) is 72.3 Å². The van der Waals surface area contributed by atoms with Crippen LogP contribution in [-0.2, 0) is 4.43 Å². The normalized spacial score (nSPS) is 19.0. The fourth-order valence-electron chi connectivity index (χ4n) is 4.41. The lowest BCUT2D eigenvalue weighted by Crippen LogP contribution is -2.67. The summed E-state index contributed by atoms with van der Waals surface area (Å²) in [5, 5.41) is 2.80. The molecular weight excluding hydrogens is 344 g/mol. The molecule has 2 aromatic carbocycles. The highest BCUT2D eigenvalue weighted by atomic mass is 28.4. The van der Waals surface area contributed by atoms with Gasteiger partial charge in [0.1, 0.15) is 0 Å². The minimum absolute atomic E-state index is 0.0504. The Balaban J connectivity index is 2.03. The molecule has 0 spiro atoms. The van der Waals surface area contributed by atoms with Crippen LogP contribution in [-0.4, -0.2) is 14.4 Å². The third kappa shape index (κ3) is 3.97. The summed E-state index contributed by atoms with van der Waals surface area (Å²) in [6, 6.07) is 22.0. The molecule has 0 radical (unpaired) electrons. The van der Waals surface area contributed by atoms with Crippen molar-refractivity contribution >= 4 is 18.7 Å². The van der Waals surface area contributed by atoms with Crippen LogP contribution in [0.5, 0.6) is 0 Å². The van der Waals surface area contributed by atoms with E-state index in [1.54, 1.807) is 5.57 Å². The zero-order valence-electron chi connectivity index (χ0n) is 17.5. The van der Waals surface area contributed by atoms with Gasteiger partial charge in [-0.3, -0.25) is 0 Å². The zero-order chi connectivity index (χ0) is 19.5. The molecule has 2 heteroatoms. The molecular formula is C25H34OSi. The Morgan fingerprint density at radius 1 is 0.963 bits per heavy atom. The number of benzene rings is 2. The second kappa shape index (κ2) is 8.16. The molecule has 0 bridgehead atoms. The molecule has 1 aliphatic carbocycles. The van der Waals surface area contributed by atoms with Crippen molar-refractivity contribution in [3.63, 3.8) is 0 Å². The molecule has 0 aliphatic heterocycles. The second-order valence-electron chi connectivity index (χ2n) is 8.93. The van der Waals surface area contributed by atoms with Crippen LogP contribution in [0.25, 0.3) is 0 Å². The van der Waals surface area contributed by atoms with Crippen molar-refractivity contribution in [1.82, 2.24) is 0 Å². The molecule has 0 amide bonds. The van der Waals surface area contributed by atoms with Crippen molar-refractivity contribution in [2.75, 3.05) is 0 Å². The van der Waals surface area contributed by atoms with E-state index in [2.05, 4.69) is 101 Å². The highest BCUT2D eigenvalue weighted by molar-refractivity contribution is 6.99. The molecule has 3 rings (SSSR count). The lowest BCUT2D eigenvalue weighted by atomic mass is 9.98. The van der Waals surface area contributed by atoms with E-state index in [0.717, 1.165) is 12.8 Å². The maximum absolute atomic E-state index is 7.25. The van der Waals surface area contributed by atoms with Crippen LogP contribution in [0.2, 0.25) is 5.04 Å². The van der Waals surface area contributed by atoms with Crippen molar-refractivity contribution in [2.45, 2.75) is 65.0 Å². The molecule has 1 nitrogen and oxygen atoms in total. The van der Waals surface area contributed by atoms with E-state index in [-0.39, 0.29) is 5.04 Å². The van der Waals surface area contributed by atoms with Crippen molar-refractivity contribution in [3.05, 3.63) is 72.3 Å². The third-order valence-electron chi connectivity index (χ3n) is 6.11. The minimum Gasteiger partial charge on any atom is -0.404 e. The van der Waals surface area contributed by atoms with Gasteiger partial charge in [0.25, 0.3) is 8.32 Å². The van der Waals surface area contributed by atoms with Crippen molar-refractivity contribution in [3.8, 4) is 0 Å². The highest BCUT2D eigenvalue weighted by Gasteiger charge is 2.51. The molecule has 0 aromatic heterocycles. The number of rotatable bonds is 6. The van der Waals surface area contributed by atoms with Gasteiger partial charge in [0.05, 0.1) is 6.10 Å². The van der Waals surface area contributed by atoms with E-state index in [4.69, 9.17) is 4.43 Å². The lowest BCUT2D eigenvalue weighted by molar-refractivity contribution is 0.197. The predicted molar refractivity (Wildman–Crippen MR) is 119 cm³/mol. The first-order chi connectivity index (χ1) is 12.9. The maximum Gasteiger partial charge on any atom is 0.261 e. The van der Waals surface area contributed by atoms with Crippen molar-refractivity contribution in [2.24, 2.45) is 5.92 Å². The number of hydrogen-bond donors (Lipinski definition) is 0. The Morgan fingerprint density at radius 2 is 1.48 bits per heavy atom. The fourth-order valence-corrected chi connectivity index (χ4v) is 9.10. The summed E-state index contributed by atoms with van der Waals surface area (Å²) in [7, 11) is -2.42. The summed E-state index contributed by atoms with van der Waals surface area (Å²) in [5.74, 6) is 0.665. The van der Waals surface area contributed by atoms with Gasteiger partial charge in [-0.05, 0) is 40.6 Å². The first kappa shape index (κ1) is 20.1. The van der Waals surface area contributed by atoms with Crippen LogP contribution >= 0.6 is 0 Å². The molecule has 0 N–H and O–H groups in total. The molecule has 1 aliphatic rings. The summed E-state index contributed by atoms with van der Waals surface area (Å²) < 4.78 is 7.25. The third-order valence-corrected chi connectivity index (χ3v) is 11.2. The fraction of sp³-hybridized carbons (Fsp3) is 0.440. The van der Waals surface area contributed by atoms with Crippen LogP contribution in [0, 0.1) is 5.92 Å². The summed E-state index contributed by atoms with van der Waals surface area (Å²) >= 11 is 0. The van der Waals surface area contributed by atoms with Gasteiger partial charge in [0.15, 0.2) is 0 Å². The van der Waals surface area contributed by atoms with Gasteiger partial charge in [-0.2, -0.15) is 0 Å². The van der Waals surface area contributed by atoms with Gasteiger partial charge in [0, 0.05) is 0 Å². The maximum atomic E-state index is 7.25. The van der Waals surface area contributed by atoms with Crippen LogP contribution in [0.3, 0.4) is 0 Å². The molecule has 0 heterocycles. The van der Waals surface area contributed by atoms with Gasteiger partial charge in [0.2, 0.25) is 0 Å². The largest absolute Gasteiger partial charge is 0.404 e. The van der Waals surface area contributed by atoms with E-state index in [1.165, 1.54) is 16.8 Å². The first-order valence-corrected chi connectivity index (χ1v) is 12.3. The Hall–Kier alpha value is -1.64. The molecule has 2 atom stereocenters. The van der Waals surface area contributed by atoms with Crippen LogP contribution in [0.1, 0.15) is 53.9 Å². The van der Waals surface area contributed by atoms with Crippen molar-refractivity contribution in [1.29, 1.82) is 0 Å². The molecule has 0 saturated heterocycles. The quantitative estimate of drug-likeness (QED) is 0.463. The second-order valence-corrected chi connectivity index (χ2v) is 13.2. The summed E-state index contributed by atoms with van der Waals surface area (Å²) in [5.41, 5.74) is 1.58. The first-order valence-electron chi connectivity index (χ1n) is 10.4. The number of hydrogen-bond acceptors (Lipinski definition) is 1. The molecule has 0 saturated carbocycles. The van der Waals surface area contributed by atoms with Gasteiger partial charge in [-0.1, -0.05) is 107 Å². The van der Waals surface area contributed by atoms with E-state index in [9.17, 15) is 0 Å². The summed E-state index contributed by atoms with van der Waals surface area (Å²) in [4.78, 5) is 0. The van der Waals surface area contributed by atoms with Gasteiger partial charge < -0.3 is 4.43 Å². The standard InChI is InChI=1S/C25H34OSi/c1-6-20(2)21-17-18-22(19-21)26-27(25(3,4)5,23-13-9-7-10-14-23)24-15-11-8-12-16-24/h7-17,20,22H,6,18-19H2,1-5H3/t20?,22-/m0/s1. The van der Waals surface area contributed by atoms with Gasteiger partial charge in [-0.25, -0.2) is 0 Å². The molecule has 27 heavy (non-hydrogen) atoms. The smallest absolute Gasteiger partial charge is 0.261 e. The average Bonchev–Trinajstić information content (AvgIpc) is 3.14. The van der Waals surface area contributed by atoms with Gasteiger partial charge in [-0.15, -0.1) is 0 Å². The van der Waals surface area contributed by atoms with Gasteiger partial charge >= 0.3 is 0 Å². The Labute approximate surface area is 166 Å². The zero-order valence-corrected chi connectivity index (χ0v) is 18.5. The van der Waals surface area contributed by atoms with Crippen LogP contribution < -0.4 is 10.4 Å². The van der Waals surface area contributed by atoms with E-state index < -0.39 is 8.32 Å². The minimum atomic E-state index is -2.42. The Bertz CT molecular complexity index is 718. The molecule has 0 fully saturated rings. The molecule has 2 aromatic rings. The van der Waals surface area contributed by atoms with Crippen LogP contribution in [0.4, 0.5) is 0 Å². The Morgan fingerprint density at radius 3 is 1.93 bits per heavy atom. The Kier molecular flexibility index (Phi) is 6.07. The average molecular weight is 379 g/mol. The SMILES string of the molecule is CCC(C)C1=CC[C@H](O[Si](c2ccccc2)(c2ccccc2)C(C)(C)C)C1. The van der Waals surface area contributed by atoms with E-state index >= 15 is 0 Å². The monoisotopic (exact) mass is 378 g/mol. The van der Waals surface area contributed by atoms with E-state index in [0.29, 0.717) is 12.0 Å². The van der Waals surface area contributed by atoms with Crippen molar-refractivity contribution < 1.29 is 4.43 Å². The lowest BCUT2D eigenvalue weighted by Gasteiger charge is -2.44. The highest BCUT2D eigenvalue weighted by Crippen LogP contribution is 2.40. The topological polar surface area (TPSA) is 9.23 Å². The predicted octanol–water partition coefficient (Wildman–Crippen LogP) is 5.70. The summed E-state index contributed by atoms with van der Waals surface area (Å²) in [6.07, 6.45) is 6.07. The van der Waals surface area contributed by atoms with E-state index in [1.807, 2.05) is 0 Å². The molecule has 1 unspecified atom stereocenters. The molecule has 144 valence electrons.